The topological polar surface area (TPSA) is 96.5 Å². The lowest BCUT2D eigenvalue weighted by Crippen LogP contribution is -2.17. The van der Waals surface area contributed by atoms with E-state index in [0.717, 1.165) is 29.5 Å². The van der Waals surface area contributed by atoms with E-state index in [1.165, 1.54) is 23.4 Å². The second kappa shape index (κ2) is 8.54. The summed E-state index contributed by atoms with van der Waals surface area (Å²) in [6, 6.07) is 6.77. The Morgan fingerprint density at radius 3 is 2.70 bits per heavy atom. The number of thioether (sulfide) groups is 1. The fraction of sp³-hybridized carbons (Fsp3) is 0.211. The van der Waals surface area contributed by atoms with E-state index >= 15 is 0 Å². The number of aryl methyl sites for hydroxylation is 2. The minimum Gasteiger partial charge on any atom is -0.323 e. The second-order valence-electron chi connectivity index (χ2n) is 6.28. The molecular weight excluding hydrogens is 417 g/mol. The lowest BCUT2D eigenvalue weighted by molar-refractivity contribution is -0.137. The van der Waals surface area contributed by atoms with Gasteiger partial charge in [0.1, 0.15) is 23.7 Å². The van der Waals surface area contributed by atoms with Gasteiger partial charge in [-0.15, -0.1) is 0 Å². The van der Waals surface area contributed by atoms with Gasteiger partial charge in [0.05, 0.1) is 28.3 Å². The van der Waals surface area contributed by atoms with Gasteiger partial charge in [0.2, 0.25) is 5.91 Å². The predicted octanol–water partition coefficient (Wildman–Crippen LogP) is 3.90. The molecule has 154 valence electrons. The maximum Gasteiger partial charge on any atom is 0.416 e. The number of carbonyl (C=O) groups is 1. The summed E-state index contributed by atoms with van der Waals surface area (Å²) in [6.07, 6.45) is -2.03. The number of nitriles is 1. The molecule has 0 fully saturated rings. The Bertz CT molecular complexity index is 1120. The number of hydrogen-bond donors (Lipinski definition) is 1. The van der Waals surface area contributed by atoms with E-state index < -0.39 is 17.6 Å². The molecule has 2 aromatic heterocycles. The highest BCUT2D eigenvalue weighted by atomic mass is 32.2. The van der Waals surface area contributed by atoms with Crippen molar-refractivity contribution in [1.29, 1.82) is 5.26 Å². The van der Waals surface area contributed by atoms with Crippen LogP contribution < -0.4 is 5.32 Å². The number of pyridine rings is 1. The molecule has 2 heterocycles. The molecule has 0 spiro atoms. The van der Waals surface area contributed by atoms with E-state index in [9.17, 15) is 23.2 Å². The number of aromatic nitrogens is 4. The first-order chi connectivity index (χ1) is 14.2. The molecule has 0 unspecified atom stereocenters. The zero-order valence-electron chi connectivity index (χ0n) is 15.9. The third-order valence-corrected chi connectivity index (χ3v) is 5.00. The maximum atomic E-state index is 13.1. The minimum atomic E-state index is -4.57. The molecule has 0 aliphatic rings. The summed E-state index contributed by atoms with van der Waals surface area (Å²) in [5.74, 6) is -0.692. The third-order valence-electron chi connectivity index (χ3n) is 4.03. The number of amides is 1. The lowest BCUT2D eigenvalue weighted by Gasteiger charge is -2.14. The van der Waals surface area contributed by atoms with Gasteiger partial charge >= 0.3 is 6.18 Å². The quantitative estimate of drug-likeness (QED) is 0.615. The summed E-state index contributed by atoms with van der Waals surface area (Å²) >= 11 is 1.04. The molecule has 0 saturated carbocycles. The molecule has 30 heavy (non-hydrogen) atoms. The molecule has 0 aliphatic carbocycles. The Morgan fingerprint density at radius 1 is 1.30 bits per heavy atom. The number of alkyl halides is 3. The highest BCUT2D eigenvalue weighted by Crippen LogP contribution is 2.33. The van der Waals surface area contributed by atoms with Crippen molar-refractivity contribution in [2.24, 2.45) is 0 Å². The van der Waals surface area contributed by atoms with Crippen LogP contribution in [0.5, 0.6) is 0 Å². The minimum absolute atomic E-state index is 0.0604. The van der Waals surface area contributed by atoms with Crippen molar-refractivity contribution in [3.63, 3.8) is 0 Å². The van der Waals surface area contributed by atoms with Crippen LogP contribution in [0.25, 0.3) is 5.69 Å². The summed E-state index contributed by atoms with van der Waals surface area (Å²) in [5, 5.41) is 16.1. The summed E-state index contributed by atoms with van der Waals surface area (Å²) < 4.78 is 40.6. The highest BCUT2D eigenvalue weighted by molar-refractivity contribution is 8.00. The van der Waals surface area contributed by atoms with Gasteiger partial charge in [0.15, 0.2) is 0 Å². The van der Waals surface area contributed by atoms with Crippen LogP contribution in [0.2, 0.25) is 0 Å². The lowest BCUT2D eigenvalue weighted by atomic mass is 10.1. The van der Waals surface area contributed by atoms with Crippen molar-refractivity contribution in [1.82, 2.24) is 19.7 Å². The Hall–Kier alpha value is -3.39. The first-order valence-electron chi connectivity index (χ1n) is 8.56. The zero-order chi connectivity index (χ0) is 21.9. The first kappa shape index (κ1) is 21.3. The van der Waals surface area contributed by atoms with E-state index in [0.29, 0.717) is 16.3 Å². The largest absolute Gasteiger partial charge is 0.416 e. The van der Waals surface area contributed by atoms with Crippen LogP contribution in [0, 0.1) is 25.2 Å². The van der Waals surface area contributed by atoms with Gasteiger partial charge in [-0.3, -0.25) is 4.79 Å². The van der Waals surface area contributed by atoms with Crippen LogP contribution in [-0.2, 0) is 11.0 Å². The molecule has 3 rings (SSSR count). The molecular formula is C19H15F3N6OS. The number of hydrogen-bond acceptors (Lipinski definition) is 6. The van der Waals surface area contributed by atoms with Crippen LogP contribution in [0.3, 0.4) is 0 Å². The third kappa shape index (κ3) is 4.77. The van der Waals surface area contributed by atoms with Crippen LogP contribution in [-0.4, -0.2) is 31.4 Å². The number of nitrogens with zero attached hydrogens (tertiary/aromatic N) is 5. The molecule has 0 atom stereocenters. The van der Waals surface area contributed by atoms with Gasteiger partial charge in [-0.2, -0.15) is 23.5 Å². The number of carbonyl (C=O) groups excluding carboxylic acids is 1. The van der Waals surface area contributed by atoms with Crippen molar-refractivity contribution >= 4 is 23.4 Å². The standard InChI is InChI=1S/C19H15F3N6OS/c1-11-5-12(2)26-18(14(11)7-23)30-8-17(29)27-15-6-13(19(20,21)22)3-4-16(15)28-10-24-9-25-28/h3-6,9-10H,8H2,1-2H3,(H,27,29). The van der Waals surface area contributed by atoms with Crippen molar-refractivity contribution in [2.45, 2.75) is 25.0 Å². The highest BCUT2D eigenvalue weighted by Gasteiger charge is 2.31. The fourth-order valence-corrected chi connectivity index (χ4v) is 3.61. The average Bonchev–Trinajstić information content (AvgIpc) is 3.19. The molecule has 11 heteroatoms. The van der Waals surface area contributed by atoms with Gasteiger partial charge < -0.3 is 5.32 Å². The van der Waals surface area contributed by atoms with Crippen LogP contribution in [0.1, 0.15) is 22.4 Å². The SMILES string of the molecule is Cc1cc(C)c(C#N)c(SCC(=O)Nc2cc(C(F)(F)F)ccc2-n2cncn2)n1. The molecule has 0 bridgehead atoms. The van der Waals surface area contributed by atoms with Crippen molar-refractivity contribution in [3.05, 3.63) is 59.3 Å². The van der Waals surface area contributed by atoms with Gasteiger partial charge in [-0.25, -0.2) is 14.6 Å². The number of rotatable bonds is 5. The predicted molar refractivity (Wildman–Crippen MR) is 104 cm³/mol. The van der Waals surface area contributed by atoms with Gasteiger partial charge in [0.25, 0.3) is 0 Å². The number of anilines is 1. The average molecular weight is 432 g/mol. The summed E-state index contributed by atoms with van der Waals surface area (Å²) in [6.45, 7) is 3.54. The molecule has 1 N–H and O–H groups in total. The van der Waals surface area contributed by atoms with Crippen LogP contribution in [0.4, 0.5) is 18.9 Å². The smallest absolute Gasteiger partial charge is 0.323 e. The molecule has 0 radical (unpaired) electrons. The molecule has 0 aliphatic heterocycles. The fourth-order valence-electron chi connectivity index (χ4n) is 2.71. The summed E-state index contributed by atoms with van der Waals surface area (Å²) in [7, 11) is 0. The molecule has 1 amide bonds. The second-order valence-corrected chi connectivity index (χ2v) is 7.24. The Kier molecular flexibility index (Phi) is 6.07. The Balaban J connectivity index is 1.84. The number of nitrogens with one attached hydrogen (secondary N) is 1. The molecule has 1 aromatic carbocycles. The first-order valence-corrected chi connectivity index (χ1v) is 9.55. The van der Waals surface area contributed by atoms with E-state index in [4.69, 9.17) is 0 Å². The number of benzene rings is 1. The maximum absolute atomic E-state index is 13.1. The van der Waals surface area contributed by atoms with E-state index in [-0.39, 0.29) is 17.1 Å². The normalized spacial score (nSPS) is 11.2. The molecule has 7 nitrogen and oxygen atoms in total. The Labute approximate surface area is 174 Å². The molecule has 3 aromatic rings. The molecule has 0 saturated heterocycles. The van der Waals surface area contributed by atoms with Crippen LogP contribution in [0.15, 0.2) is 41.9 Å². The Morgan fingerprint density at radius 2 is 2.07 bits per heavy atom. The zero-order valence-corrected chi connectivity index (χ0v) is 16.7. The van der Waals surface area contributed by atoms with Gasteiger partial charge in [0, 0.05) is 5.69 Å². The van der Waals surface area contributed by atoms with Crippen LogP contribution >= 0.6 is 11.8 Å². The van der Waals surface area contributed by atoms with E-state index in [1.54, 1.807) is 19.9 Å². The van der Waals surface area contributed by atoms with Crippen molar-refractivity contribution in [2.75, 3.05) is 11.1 Å². The summed E-state index contributed by atoms with van der Waals surface area (Å²) in [5.41, 5.74) is 1.06. The van der Waals surface area contributed by atoms with Gasteiger partial charge in [-0.05, 0) is 43.7 Å². The number of halogens is 3. The van der Waals surface area contributed by atoms with Crippen molar-refractivity contribution < 1.29 is 18.0 Å². The summed E-state index contributed by atoms with van der Waals surface area (Å²) in [4.78, 5) is 20.5. The monoisotopic (exact) mass is 432 g/mol. The van der Waals surface area contributed by atoms with E-state index in [1.807, 2.05) is 0 Å². The van der Waals surface area contributed by atoms with E-state index in [2.05, 4.69) is 26.5 Å². The van der Waals surface area contributed by atoms with Gasteiger partial charge in [-0.1, -0.05) is 11.8 Å². The van der Waals surface area contributed by atoms with Crippen molar-refractivity contribution in [3.8, 4) is 11.8 Å².